The third-order valence-electron chi connectivity index (χ3n) is 2.93. The molecule has 0 aliphatic carbocycles. The zero-order chi connectivity index (χ0) is 11.0. The van der Waals surface area contributed by atoms with E-state index in [0.29, 0.717) is 0 Å². The van der Waals surface area contributed by atoms with Crippen molar-refractivity contribution < 1.29 is 0 Å². The standard InChI is InChI=1S/C11H12N4O/c16-11-14-13-7-15(11)10-3-1-2-8-4-5-12-6-9(8)10/h1-3,7,12H,4-6H2,(H,14,16). The zero-order valence-electron chi connectivity index (χ0n) is 8.73. The Morgan fingerprint density at radius 2 is 2.31 bits per heavy atom. The van der Waals surface area contributed by atoms with Crippen LogP contribution in [0.1, 0.15) is 11.1 Å². The van der Waals surface area contributed by atoms with Gasteiger partial charge in [-0.15, -0.1) is 0 Å². The van der Waals surface area contributed by atoms with Crippen molar-refractivity contribution >= 4 is 0 Å². The van der Waals surface area contributed by atoms with Crippen molar-refractivity contribution in [3.8, 4) is 5.69 Å². The summed E-state index contributed by atoms with van der Waals surface area (Å²) in [5, 5.41) is 9.48. The van der Waals surface area contributed by atoms with E-state index >= 15 is 0 Å². The van der Waals surface area contributed by atoms with Crippen molar-refractivity contribution in [2.75, 3.05) is 6.54 Å². The molecule has 0 saturated heterocycles. The highest BCUT2D eigenvalue weighted by Gasteiger charge is 2.14. The maximum atomic E-state index is 11.5. The first-order valence-corrected chi connectivity index (χ1v) is 5.30. The molecule has 0 radical (unpaired) electrons. The van der Waals surface area contributed by atoms with Crippen molar-refractivity contribution in [2.24, 2.45) is 0 Å². The van der Waals surface area contributed by atoms with Crippen molar-refractivity contribution in [1.29, 1.82) is 0 Å². The van der Waals surface area contributed by atoms with Gasteiger partial charge in [-0.2, -0.15) is 5.10 Å². The summed E-state index contributed by atoms with van der Waals surface area (Å²) in [6.07, 6.45) is 2.53. The normalized spacial score (nSPS) is 14.8. The zero-order valence-corrected chi connectivity index (χ0v) is 8.73. The quantitative estimate of drug-likeness (QED) is 0.716. The molecule has 0 fully saturated rings. The first-order valence-electron chi connectivity index (χ1n) is 5.30. The molecule has 2 heterocycles. The fourth-order valence-electron chi connectivity index (χ4n) is 2.14. The lowest BCUT2D eigenvalue weighted by Gasteiger charge is -2.19. The summed E-state index contributed by atoms with van der Waals surface area (Å²) in [7, 11) is 0. The molecule has 0 atom stereocenters. The van der Waals surface area contributed by atoms with E-state index in [-0.39, 0.29) is 5.69 Å². The molecule has 1 aromatic heterocycles. The highest BCUT2D eigenvalue weighted by Crippen LogP contribution is 2.20. The molecule has 82 valence electrons. The molecule has 1 aliphatic heterocycles. The second-order valence-corrected chi connectivity index (χ2v) is 3.87. The number of aromatic amines is 1. The van der Waals surface area contributed by atoms with Crippen LogP contribution in [-0.4, -0.2) is 21.3 Å². The average Bonchev–Trinajstić information content (AvgIpc) is 2.75. The van der Waals surface area contributed by atoms with E-state index in [1.54, 1.807) is 4.57 Å². The number of H-pyrrole nitrogens is 1. The van der Waals surface area contributed by atoms with Crippen LogP contribution < -0.4 is 11.0 Å². The van der Waals surface area contributed by atoms with Crippen molar-refractivity contribution in [2.45, 2.75) is 13.0 Å². The van der Waals surface area contributed by atoms with E-state index < -0.39 is 0 Å². The van der Waals surface area contributed by atoms with Gasteiger partial charge in [-0.1, -0.05) is 12.1 Å². The SMILES string of the molecule is O=c1[nH]ncn1-c1cccc2c1CNCC2. The van der Waals surface area contributed by atoms with E-state index in [4.69, 9.17) is 0 Å². The Hall–Kier alpha value is -1.88. The maximum Gasteiger partial charge on any atom is 0.347 e. The minimum absolute atomic E-state index is 0.195. The van der Waals surface area contributed by atoms with Crippen LogP contribution >= 0.6 is 0 Å². The van der Waals surface area contributed by atoms with Gasteiger partial charge in [-0.25, -0.2) is 14.5 Å². The maximum absolute atomic E-state index is 11.5. The van der Waals surface area contributed by atoms with Gasteiger partial charge < -0.3 is 5.32 Å². The highest BCUT2D eigenvalue weighted by molar-refractivity contribution is 5.46. The smallest absolute Gasteiger partial charge is 0.312 e. The first-order chi connectivity index (χ1) is 7.86. The molecular weight excluding hydrogens is 204 g/mol. The number of fused-ring (bicyclic) bond motifs is 1. The van der Waals surface area contributed by atoms with Gasteiger partial charge in [0.25, 0.3) is 0 Å². The Kier molecular flexibility index (Phi) is 2.11. The number of hydrogen-bond donors (Lipinski definition) is 2. The predicted molar refractivity (Wildman–Crippen MR) is 59.6 cm³/mol. The molecular formula is C11H12N4O. The average molecular weight is 216 g/mol. The molecule has 2 aromatic rings. The van der Waals surface area contributed by atoms with Crippen LogP contribution in [0, 0.1) is 0 Å². The molecule has 0 amide bonds. The topological polar surface area (TPSA) is 62.7 Å². The lowest BCUT2D eigenvalue weighted by atomic mass is 9.99. The Labute approximate surface area is 92.1 Å². The van der Waals surface area contributed by atoms with Crippen LogP contribution in [0.5, 0.6) is 0 Å². The lowest BCUT2D eigenvalue weighted by molar-refractivity contribution is 0.639. The van der Waals surface area contributed by atoms with Crippen LogP contribution in [0.2, 0.25) is 0 Å². The number of rotatable bonds is 1. The molecule has 0 unspecified atom stereocenters. The molecule has 5 nitrogen and oxygen atoms in total. The summed E-state index contributed by atoms with van der Waals surface area (Å²) in [5.41, 5.74) is 3.23. The lowest BCUT2D eigenvalue weighted by Crippen LogP contribution is -2.26. The van der Waals surface area contributed by atoms with E-state index in [0.717, 1.165) is 25.2 Å². The number of benzene rings is 1. The van der Waals surface area contributed by atoms with Gasteiger partial charge in [0.1, 0.15) is 6.33 Å². The molecule has 0 bridgehead atoms. The van der Waals surface area contributed by atoms with E-state index in [1.807, 2.05) is 12.1 Å². The van der Waals surface area contributed by atoms with Crippen LogP contribution in [-0.2, 0) is 13.0 Å². The van der Waals surface area contributed by atoms with Crippen molar-refractivity contribution in [1.82, 2.24) is 20.1 Å². The molecule has 1 aromatic carbocycles. The third-order valence-corrected chi connectivity index (χ3v) is 2.93. The van der Waals surface area contributed by atoms with Crippen LogP contribution in [0.15, 0.2) is 29.3 Å². The van der Waals surface area contributed by atoms with E-state index in [2.05, 4.69) is 21.6 Å². The fraction of sp³-hybridized carbons (Fsp3) is 0.273. The fourth-order valence-corrected chi connectivity index (χ4v) is 2.14. The molecule has 16 heavy (non-hydrogen) atoms. The van der Waals surface area contributed by atoms with Gasteiger partial charge in [-0.05, 0) is 30.2 Å². The molecule has 5 heteroatoms. The third kappa shape index (κ3) is 1.37. The predicted octanol–water partition coefficient (Wildman–Crippen LogP) is 0.206. The Morgan fingerprint density at radius 3 is 3.12 bits per heavy atom. The largest absolute Gasteiger partial charge is 0.347 e. The van der Waals surface area contributed by atoms with Gasteiger partial charge in [-0.3, -0.25) is 0 Å². The summed E-state index contributed by atoms with van der Waals surface area (Å²) >= 11 is 0. The number of nitrogens with one attached hydrogen (secondary N) is 2. The van der Waals surface area contributed by atoms with Crippen LogP contribution in [0.3, 0.4) is 0 Å². The Bertz CT molecular complexity index is 569. The van der Waals surface area contributed by atoms with Gasteiger partial charge in [0, 0.05) is 6.54 Å². The minimum Gasteiger partial charge on any atom is -0.312 e. The van der Waals surface area contributed by atoms with Gasteiger partial charge in [0.05, 0.1) is 5.69 Å². The second kappa shape index (κ2) is 3.61. The van der Waals surface area contributed by atoms with Crippen molar-refractivity contribution in [3.05, 3.63) is 46.1 Å². The number of nitrogens with zero attached hydrogens (tertiary/aromatic N) is 2. The summed E-state index contributed by atoms with van der Waals surface area (Å²) in [6.45, 7) is 1.81. The minimum atomic E-state index is -0.195. The Morgan fingerprint density at radius 1 is 1.38 bits per heavy atom. The molecule has 0 spiro atoms. The van der Waals surface area contributed by atoms with E-state index in [9.17, 15) is 4.79 Å². The van der Waals surface area contributed by atoms with E-state index in [1.165, 1.54) is 17.5 Å². The van der Waals surface area contributed by atoms with Crippen LogP contribution in [0.4, 0.5) is 0 Å². The van der Waals surface area contributed by atoms with Gasteiger partial charge >= 0.3 is 5.69 Å². The van der Waals surface area contributed by atoms with Gasteiger partial charge in [0.2, 0.25) is 0 Å². The summed E-state index contributed by atoms with van der Waals surface area (Å²) in [4.78, 5) is 11.5. The summed E-state index contributed by atoms with van der Waals surface area (Å²) < 4.78 is 1.55. The second-order valence-electron chi connectivity index (χ2n) is 3.87. The molecule has 0 saturated carbocycles. The van der Waals surface area contributed by atoms with Crippen molar-refractivity contribution in [3.63, 3.8) is 0 Å². The monoisotopic (exact) mass is 216 g/mol. The summed E-state index contributed by atoms with van der Waals surface area (Å²) in [6, 6.07) is 6.05. The molecule has 2 N–H and O–H groups in total. The van der Waals surface area contributed by atoms with Gasteiger partial charge in [0.15, 0.2) is 0 Å². The number of aromatic nitrogens is 3. The molecule has 3 rings (SSSR count). The number of hydrogen-bond acceptors (Lipinski definition) is 3. The first kappa shape index (κ1) is 9.35. The highest BCUT2D eigenvalue weighted by atomic mass is 16.1. The molecule has 1 aliphatic rings. The summed E-state index contributed by atoms with van der Waals surface area (Å²) in [5.74, 6) is 0. The van der Waals surface area contributed by atoms with Crippen LogP contribution in [0.25, 0.3) is 5.69 Å². The Balaban J connectivity index is 2.21.